The van der Waals surface area contributed by atoms with Crippen molar-refractivity contribution in [2.45, 2.75) is 12.5 Å². The number of aliphatic carboxylic acids is 1. The highest BCUT2D eigenvalue weighted by molar-refractivity contribution is 5.78. The second-order valence-electron chi connectivity index (χ2n) is 3.61. The fourth-order valence-electron chi connectivity index (χ4n) is 1.31. The van der Waals surface area contributed by atoms with Crippen LogP contribution < -0.4 is 9.47 Å². The van der Waals surface area contributed by atoms with Gasteiger partial charge in [-0.2, -0.15) is 0 Å². The summed E-state index contributed by atoms with van der Waals surface area (Å²) < 4.78 is 36.3. The summed E-state index contributed by atoms with van der Waals surface area (Å²) in [5.41, 5.74) is -1.71. The summed E-state index contributed by atoms with van der Waals surface area (Å²) in [5, 5.41) is 8.86. The average Bonchev–Trinajstić information content (AvgIpc) is 2.23. The van der Waals surface area contributed by atoms with Crippen LogP contribution in [0, 0.1) is 11.6 Å². The van der Waals surface area contributed by atoms with Crippen LogP contribution in [-0.4, -0.2) is 23.3 Å². The smallest absolute Gasteiger partial charge is 0.351 e. The largest absolute Gasteiger partial charge is 0.482 e. The molecular weight excluding hydrogens is 222 g/mol. The van der Waals surface area contributed by atoms with E-state index in [2.05, 4.69) is 0 Å². The summed E-state index contributed by atoms with van der Waals surface area (Å²) >= 11 is 0. The van der Waals surface area contributed by atoms with Crippen molar-refractivity contribution in [2.75, 3.05) is 6.61 Å². The Balaban J connectivity index is 2.48. The van der Waals surface area contributed by atoms with Crippen LogP contribution in [0.25, 0.3) is 0 Å². The summed E-state index contributed by atoms with van der Waals surface area (Å²) in [7, 11) is 0. The third kappa shape index (κ3) is 1.46. The molecule has 0 amide bonds. The minimum Gasteiger partial charge on any atom is -0.482 e. The molecule has 86 valence electrons. The van der Waals surface area contributed by atoms with Crippen LogP contribution in [0.1, 0.15) is 6.92 Å². The molecule has 0 saturated carbocycles. The van der Waals surface area contributed by atoms with Crippen LogP contribution in [0.15, 0.2) is 12.1 Å². The Bertz CT molecular complexity index is 460. The molecule has 1 aliphatic rings. The van der Waals surface area contributed by atoms with E-state index in [1.165, 1.54) is 6.92 Å². The number of carboxylic acid groups (broad SMARTS) is 1. The van der Waals surface area contributed by atoms with Crippen molar-refractivity contribution in [3.63, 3.8) is 0 Å². The second-order valence-corrected chi connectivity index (χ2v) is 3.61. The molecule has 0 bridgehead atoms. The molecule has 1 N–H and O–H groups in total. The first-order chi connectivity index (χ1) is 7.44. The number of fused-ring (bicyclic) bond motifs is 1. The highest BCUT2D eigenvalue weighted by Gasteiger charge is 2.42. The van der Waals surface area contributed by atoms with E-state index in [1.807, 2.05) is 0 Å². The molecule has 6 heteroatoms. The predicted molar refractivity (Wildman–Crippen MR) is 48.5 cm³/mol. The summed E-state index contributed by atoms with van der Waals surface area (Å²) in [5.74, 6) is -3.84. The van der Waals surface area contributed by atoms with Crippen molar-refractivity contribution >= 4 is 5.97 Å². The van der Waals surface area contributed by atoms with Gasteiger partial charge in [0.1, 0.15) is 6.61 Å². The van der Waals surface area contributed by atoms with E-state index in [0.717, 1.165) is 12.1 Å². The van der Waals surface area contributed by atoms with Gasteiger partial charge in [-0.15, -0.1) is 0 Å². The van der Waals surface area contributed by atoms with Crippen LogP contribution in [0.4, 0.5) is 8.78 Å². The predicted octanol–water partition coefficient (Wildman–Crippen LogP) is 1.58. The molecule has 0 aliphatic carbocycles. The van der Waals surface area contributed by atoms with Crippen molar-refractivity contribution in [3.05, 3.63) is 23.8 Å². The summed E-state index contributed by atoms with van der Waals surface area (Å²) in [6.07, 6.45) is 0. The molecule has 1 aliphatic heterocycles. The maximum absolute atomic E-state index is 13.3. The van der Waals surface area contributed by atoms with Crippen LogP contribution in [0.5, 0.6) is 11.5 Å². The Morgan fingerprint density at radius 3 is 2.50 bits per heavy atom. The van der Waals surface area contributed by atoms with Crippen molar-refractivity contribution in [2.24, 2.45) is 0 Å². The van der Waals surface area contributed by atoms with Gasteiger partial charge in [0.25, 0.3) is 0 Å². The third-order valence-electron chi connectivity index (χ3n) is 2.29. The Hall–Kier alpha value is -1.85. The Labute approximate surface area is 89.4 Å². The Kier molecular flexibility index (Phi) is 2.22. The molecule has 0 radical (unpaired) electrons. The molecule has 1 aromatic carbocycles. The molecule has 16 heavy (non-hydrogen) atoms. The molecule has 2 rings (SSSR count). The molecule has 0 unspecified atom stereocenters. The molecule has 0 saturated heterocycles. The molecular formula is C10H8F2O4. The van der Waals surface area contributed by atoms with Crippen molar-refractivity contribution < 1.29 is 28.2 Å². The fraction of sp³-hybridized carbons (Fsp3) is 0.300. The number of hydrogen-bond acceptors (Lipinski definition) is 3. The van der Waals surface area contributed by atoms with Crippen molar-refractivity contribution in [1.82, 2.24) is 0 Å². The van der Waals surface area contributed by atoms with Gasteiger partial charge in [-0.25, -0.2) is 13.6 Å². The summed E-state index contributed by atoms with van der Waals surface area (Å²) in [4.78, 5) is 10.9. The van der Waals surface area contributed by atoms with Gasteiger partial charge in [0, 0.05) is 0 Å². The number of ether oxygens (including phenoxy) is 2. The number of hydrogen-bond donors (Lipinski definition) is 1. The second kappa shape index (κ2) is 3.33. The SMILES string of the molecule is C[C@]1(C(=O)O)COc2c(F)ccc(F)c2O1. The van der Waals surface area contributed by atoms with Gasteiger partial charge in [-0.05, 0) is 19.1 Å². The van der Waals surface area contributed by atoms with Gasteiger partial charge in [-0.3, -0.25) is 0 Å². The van der Waals surface area contributed by atoms with E-state index in [-0.39, 0.29) is 6.61 Å². The normalized spacial score (nSPS) is 22.9. The van der Waals surface area contributed by atoms with E-state index in [0.29, 0.717) is 0 Å². The lowest BCUT2D eigenvalue weighted by Gasteiger charge is -2.32. The highest BCUT2D eigenvalue weighted by Crippen LogP contribution is 2.39. The minimum absolute atomic E-state index is 0.379. The van der Waals surface area contributed by atoms with Crippen molar-refractivity contribution in [1.29, 1.82) is 0 Å². The van der Waals surface area contributed by atoms with Crippen LogP contribution >= 0.6 is 0 Å². The minimum atomic E-state index is -1.71. The number of rotatable bonds is 1. The first kappa shape index (κ1) is 10.7. The molecule has 0 spiro atoms. The van der Waals surface area contributed by atoms with E-state index in [4.69, 9.17) is 14.6 Å². The third-order valence-corrected chi connectivity index (χ3v) is 2.29. The van der Waals surface area contributed by atoms with Crippen molar-refractivity contribution in [3.8, 4) is 11.5 Å². The van der Waals surface area contributed by atoms with Crippen LogP contribution in [-0.2, 0) is 4.79 Å². The van der Waals surface area contributed by atoms with Gasteiger partial charge < -0.3 is 14.6 Å². The number of carboxylic acids is 1. The lowest BCUT2D eigenvalue weighted by molar-refractivity contribution is -0.158. The number of benzene rings is 1. The topological polar surface area (TPSA) is 55.8 Å². The van der Waals surface area contributed by atoms with E-state index >= 15 is 0 Å². The van der Waals surface area contributed by atoms with Gasteiger partial charge in [0.05, 0.1) is 0 Å². The zero-order valence-electron chi connectivity index (χ0n) is 8.29. The maximum atomic E-state index is 13.3. The summed E-state index contributed by atoms with van der Waals surface area (Å²) in [6.45, 7) is 0.846. The van der Waals surface area contributed by atoms with E-state index in [9.17, 15) is 13.6 Å². The summed E-state index contributed by atoms with van der Waals surface area (Å²) in [6, 6.07) is 1.74. The quantitative estimate of drug-likeness (QED) is 0.795. The lowest BCUT2D eigenvalue weighted by Crippen LogP contribution is -2.49. The Morgan fingerprint density at radius 1 is 1.38 bits per heavy atom. The molecule has 0 fully saturated rings. The lowest BCUT2D eigenvalue weighted by atomic mass is 10.1. The van der Waals surface area contributed by atoms with Crippen LogP contribution in [0.3, 0.4) is 0 Å². The van der Waals surface area contributed by atoms with Crippen LogP contribution in [0.2, 0.25) is 0 Å². The zero-order valence-corrected chi connectivity index (χ0v) is 8.29. The molecule has 4 nitrogen and oxygen atoms in total. The molecule has 1 atom stereocenters. The molecule has 1 aromatic rings. The first-order valence-electron chi connectivity index (χ1n) is 4.47. The van der Waals surface area contributed by atoms with Gasteiger partial charge in [0.2, 0.25) is 11.4 Å². The van der Waals surface area contributed by atoms with E-state index in [1.54, 1.807) is 0 Å². The van der Waals surface area contributed by atoms with Gasteiger partial charge in [0.15, 0.2) is 17.4 Å². The fourth-order valence-corrected chi connectivity index (χ4v) is 1.31. The molecule has 0 aromatic heterocycles. The molecule has 1 heterocycles. The van der Waals surface area contributed by atoms with Gasteiger partial charge in [-0.1, -0.05) is 0 Å². The number of carbonyl (C=O) groups is 1. The number of halogens is 2. The average molecular weight is 230 g/mol. The monoisotopic (exact) mass is 230 g/mol. The Morgan fingerprint density at radius 2 is 1.94 bits per heavy atom. The zero-order chi connectivity index (χ0) is 11.9. The highest BCUT2D eigenvalue weighted by atomic mass is 19.1. The van der Waals surface area contributed by atoms with Gasteiger partial charge >= 0.3 is 5.97 Å². The maximum Gasteiger partial charge on any atom is 0.351 e. The first-order valence-corrected chi connectivity index (χ1v) is 4.47. The van der Waals surface area contributed by atoms with E-state index < -0.39 is 34.7 Å². The standard InChI is InChI=1S/C10H8F2O4/c1-10(9(13)14)4-15-7-5(11)2-3-6(12)8(7)16-10/h2-3H,4H2,1H3,(H,13,14)/t10-/m1/s1.